The molecule has 0 saturated heterocycles. The predicted molar refractivity (Wildman–Crippen MR) is 207 cm³/mol. The summed E-state index contributed by atoms with van der Waals surface area (Å²) >= 11 is 0. The third-order valence-electron chi connectivity index (χ3n) is 13.8. The van der Waals surface area contributed by atoms with Crippen LogP contribution in [0.3, 0.4) is 0 Å². The molecule has 0 radical (unpaired) electrons. The second-order valence-electron chi connectivity index (χ2n) is 17.1. The zero-order valence-electron chi connectivity index (χ0n) is 32.4. The fourth-order valence-corrected chi connectivity index (χ4v) is 10.9. The average Bonchev–Trinajstić information content (AvgIpc) is 3.42. The summed E-state index contributed by atoms with van der Waals surface area (Å²) in [6.45, 7) is 17.0. The molecule has 0 aromatic carbocycles. The molecule has 9 unspecified atom stereocenters. The molecule has 3 fully saturated rings. The van der Waals surface area contributed by atoms with Gasteiger partial charge in [-0.05, 0) is 142 Å². The molecule has 2 nitrogen and oxygen atoms in total. The van der Waals surface area contributed by atoms with Gasteiger partial charge in [-0.15, -0.1) is 0 Å². The lowest BCUT2D eigenvalue weighted by Gasteiger charge is -2.58. The van der Waals surface area contributed by atoms with Gasteiger partial charge in [0.1, 0.15) is 6.10 Å². The topological polar surface area (TPSA) is 26.3 Å². The van der Waals surface area contributed by atoms with E-state index in [1.54, 1.807) is 5.57 Å². The molecule has 4 rings (SSSR count). The number of unbranched alkanes of at least 4 members (excludes halogenated alkanes) is 4. The van der Waals surface area contributed by atoms with Gasteiger partial charge in [0.15, 0.2) is 0 Å². The maximum Gasteiger partial charge on any atom is 0.306 e. The van der Waals surface area contributed by atoms with Crippen molar-refractivity contribution in [3.05, 3.63) is 60.3 Å². The molecule has 0 N–H and O–H groups in total. The zero-order valence-corrected chi connectivity index (χ0v) is 32.4. The lowest BCUT2D eigenvalue weighted by molar-refractivity contribution is -0.151. The van der Waals surface area contributed by atoms with Crippen molar-refractivity contribution in [2.45, 2.75) is 170 Å². The number of allylic oxidation sites excluding steroid dienone is 9. The van der Waals surface area contributed by atoms with E-state index in [4.69, 9.17) is 4.74 Å². The zero-order chi connectivity index (χ0) is 34.6. The first-order valence-corrected chi connectivity index (χ1v) is 20.7. The second-order valence-corrected chi connectivity index (χ2v) is 17.1. The van der Waals surface area contributed by atoms with Crippen molar-refractivity contribution in [2.75, 3.05) is 0 Å². The molecular weight excluding hydrogens is 585 g/mol. The third-order valence-corrected chi connectivity index (χ3v) is 13.8. The van der Waals surface area contributed by atoms with Crippen LogP contribution in [0.2, 0.25) is 0 Å². The SMILES string of the molecule is CC/C=C/C/C=C/C/C=C/CCCCCCC(=O)OC1CCC2(C)C(=CCC3C2CCC2(C)C(C(C)/C=C/C(CC)C(C)C)CCC32)C1. The minimum absolute atomic E-state index is 0.0330. The van der Waals surface area contributed by atoms with Gasteiger partial charge in [0, 0.05) is 12.8 Å². The molecule has 4 aliphatic carbocycles. The number of fused-ring (bicyclic) bond motifs is 5. The number of carbonyl (C=O) groups excluding carboxylic acids is 1. The van der Waals surface area contributed by atoms with Crippen LogP contribution in [-0.4, -0.2) is 12.1 Å². The van der Waals surface area contributed by atoms with Crippen LogP contribution in [0.25, 0.3) is 0 Å². The highest BCUT2D eigenvalue weighted by molar-refractivity contribution is 5.69. The van der Waals surface area contributed by atoms with Crippen molar-refractivity contribution in [2.24, 2.45) is 52.3 Å². The quantitative estimate of drug-likeness (QED) is 0.0832. The summed E-state index contributed by atoms with van der Waals surface area (Å²) in [4.78, 5) is 12.8. The highest BCUT2D eigenvalue weighted by atomic mass is 16.5. The average molecular weight is 659 g/mol. The summed E-state index contributed by atoms with van der Waals surface area (Å²) in [6, 6.07) is 0. The first kappa shape index (κ1) is 39.0. The van der Waals surface area contributed by atoms with Crippen LogP contribution < -0.4 is 0 Å². The van der Waals surface area contributed by atoms with Crippen molar-refractivity contribution in [1.82, 2.24) is 0 Å². The number of carbonyl (C=O) groups is 1. The lowest BCUT2D eigenvalue weighted by atomic mass is 9.47. The molecule has 0 amide bonds. The fraction of sp³-hybridized carbons (Fsp3) is 0.761. The first-order chi connectivity index (χ1) is 23.1. The molecule has 0 aromatic heterocycles. The van der Waals surface area contributed by atoms with Gasteiger partial charge in [0.25, 0.3) is 0 Å². The Labute approximate surface area is 297 Å². The summed E-state index contributed by atoms with van der Waals surface area (Å²) in [7, 11) is 0. The van der Waals surface area contributed by atoms with Crippen LogP contribution in [0.15, 0.2) is 60.3 Å². The monoisotopic (exact) mass is 659 g/mol. The Kier molecular flexibility index (Phi) is 15.4. The summed E-state index contributed by atoms with van der Waals surface area (Å²) in [6.07, 6.45) is 42.1. The van der Waals surface area contributed by atoms with E-state index in [-0.39, 0.29) is 12.1 Å². The van der Waals surface area contributed by atoms with Crippen LogP contribution in [0.4, 0.5) is 0 Å². The molecule has 270 valence electrons. The smallest absolute Gasteiger partial charge is 0.306 e. The lowest BCUT2D eigenvalue weighted by Crippen LogP contribution is -2.51. The Morgan fingerprint density at radius 2 is 1.58 bits per heavy atom. The molecule has 0 spiro atoms. The van der Waals surface area contributed by atoms with Gasteiger partial charge >= 0.3 is 5.97 Å². The fourth-order valence-electron chi connectivity index (χ4n) is 10.9. The molecular formula is C46H74O2. The van der Waals surface area contributed by atoms with E-state index in [1.165, 1.54) is 57.8 Å². The highest BCUT2D eigenvalue weighted by Crippen LogP contribution is 2.67. The van der Waals surface area contributed by atoms with E-state index in [9.17, 15) is 4.79 Å². The van der Waals surface area contributed by atoms with Crippen molar-refractivity contribution in [1.29, 1.82) is 0 Å². The Hall–Kier alpha value is -1.83. The van der Waals surface area contributed by atoms with Gasteiger partial charge in [0.2, 0.25) is 0 Å². The number of hydrogen-bond donors (Lipinski definition) is 0. The largest absolute Gasteiger partial charge is 0.462 e. The minimum atomic E-state index is 0.0330. The van der Waals surface area contributed by atoms with E-state index in [0.29, 0.717) is 29.1 Å². The van der Waals surface area contributed by atoms with Crippen LogP contribution in [-0.2, 0) is 9.53 Å². The van der Waals surface area contributed by atoms with Gasteiger partial charge in [-0.25, -0.2) is 0 Å². The highest BCUT2D eigenvalue weighted by Gasteiger charge is 2.59. The van der Waals surface area contributed by atoms with E-state index in [2.05, 4.69) is 103 Å². The molecule has 2 heteroatoms. The van der Waals surface area contributed by atoms with Crippen molar-refractivity contribution in [3.63, 3.8) is 0 Å². The number of rotatable bonds is 18. The van der Waals surface area contributed by atoms with Crippen molar-refractivity contribution in [3.8, 4) is 0 Å². The van der Waals surface area contributed by atoms with Crippen molar-refractivity contribution < 1.29 is 9.53 Å². The summed E-state index contributed by atoms with van der Waals surface area (Å²) in [5, 5.41) is 0. The van der Waals surface area contributed by atoms with Crippen LogP contribution >= 0.6 is 0 Å². The molecule has 0 bridgehead atoms. The van der Waals surface area contributed by atoms with Crippen LogP contribution in [0.1, 0.15) is 164 Å². The predicted octanol–water partition coefficient (Wildman–Crippen LogP) is 13.6. The molecule has 0 aliphatic heterocycles. The summed E-state index contributed by atoms with van der Waals surface area (Å²) in [5.74, 6) is 5.48. The van der Waals surface area contributed by atoms with Gasteiger partial charge < -0.3 is 4.74 Å². The molecule has 0 aromatic rings. The van der Waals surface area contributed by atoms with E-state index in [0.717, 1.165) is 81.0 Å². The van der Waals surface area contributed by atoms with Crippen molar-refractivity contribution >= 4 is 5.97 Å². The van der Waals surface area contributed by atoms with E-state index < -0.39 is 0 Å². The number of esters is 1. The Balaban J connectivity index is 1.18. The maximum atomic E-state index is 12.8. The Morgan fingerprint density at radius 1 is 0.854 bits per heavy atom. The van der Waals surface area contributed by atoms with Gasteiger partial charge in [-0.2, -0.15) is 0 Å². The standard InChI is InChI=1S/C46H74O2/c1-8-10-11-12-13-14-15-16-17-18-19-20-21-22-23-44(47)48-39-30-32-45(6)38(34-39)26-27-40-42-29-28-41(46(42,7)33-31-43(40)45)36(5)24-25-37(9-2)35(3)4/h10-11,13-14,16-17,24-26,35-37,39-43H,8-9,12,15,18-23,27-34H2,1-7H3/b11-10+,14-13+,17-16+,25-24+. The molecule has 3 saturated carbocycles. The summed E-state index contributed by atoms with van der Waals surface area (Å²) in [5.41, 5.74) is 2.41. The third kappa shape index (κ3) is 9.90. The van der Waals surface area contributed by atoms with Crippen LogP contribution in [0.5, 0.6) is 0 Å². The first-order valence-electron chi connectivity index (χ1n) is 20.7. The Bertz CT molecular complexity index is 1140. The van der Waals surface area contributed by atoms with E-state index in [1.807, 2.05) is 0 Å². The molecule has 48 heavy (non-hydrogen) atoms. The second kappa shape index (κ2) is 19.0. The normalized spacial score (nSPS) is 33.3. The van der Waals surface area contributed by atoms with Gasteiger partial charge in [0.05, 0.1) is 0 Å². The maximum absolute atomic E-state index is 12.8. The molecule has 9 atom stereocenters. The summed E-state index contributed by atoms with van der Waals surface area (Å²) < 4.78 is 6.12. The molecule has 0 heterocycles. The number of ether oxygens (including phenoxy) is 1. The Morgan fingerprint density at radius 3 is 2.31 bits per heavy atom. The van der Waals surface area contributed by atoms with Gasteiger partial charge in [-0.3, -0.25) is 4.79 Å². The van der Waals surface area contributed by atoms with Gasteiger partial charge in [-0.1, -0.05) is 122 Å². The number of hydrogen-bond acceptors (Lipinski definition) is 2. The van der Waals surface area contributed by atoms with E-state index >= 15 is 0 Å². The minimum Gasteiger partial charge on any atom is -0.462 e. The van der Waals surface area contributed by atoms with Crippen LogP contribution in [0, 0.1) is 52.3 Å². The molecule has 4 aliphatic rings.